The molecule has 0 saturated heterocycles. The van der Waals surface area contributed by atoms with Crippen LogP contribution in [0, 0.1) is 0 Å². The Morgan fingerprint density at radius 3 is 2.45 bits per heavy atom. The number of amides is 1. The molecule has 0 bridgehead atoms. The number of hydrogen-bond acceptors (Lipinski definition) is 6. The summed E-state index contributed by atoms with van der Waals surface area (Å²) >= 11 is 0. The van der Waals surface area contributed by atoms with E-state index in [0.717, 1.165) is 0 Å². The van der Waals surface area contributed by atoms with Crippen molar-refractivity contribution in [3.8, 4) is 11.5 Å². The van der Waals surface area contributed by atoms with Gasteiger partial charge in [-0.25, -0.2) is 9.59 Å². The molecule has 1 rings (SSSR count). The lowest BCUT2D eigenvalue weighted by Crippen LogP contribution is -2.40. The van der Waals surface area contributed by atoms with Crippen molar-refractivity contribution in [2.45, 2.75) is 39.5 Å². The van der Waals surface area contributed by atoms with Crippen LogP contribution in [-0.4, -0.2) is 36.1 Å². The molecule has 1 aromatic carbocycles. The van der Waals surface area contributed by atoms with Gasteiger partial charge < -0.3 is 19.3 Å². The van der Waals surface area contributed by atoms with Gasteiger partial charge in [-0.2, -0.15) is 0 Å². The van der Waals surface area contributed by atoms with Crippen molar-refractivity contribution >= 4 is 12.1 Å². The monoisotopic (exact) mass is 311 g/mol. The standard InChI is InChI=1S/C15H21NO6/c1-9(16-14(19)22-15(2,3)4)21-10-6-7-12(17)11(8-10)13(18)20-5/h6-9,17H,1-5H3,(H,16,19). The molecular formula is C15H21NO6. The molecule has 0 radical (unpaired) electrons. The lowest BCUT2D eigenvalue weighted by molar-refractivity contribution is 0.0412. The van der Waals surface area contributed by atoms with Crippen molar-refractivity contribution in [2.75, 3.05) is 7.11 Å². The molecule has 0 fully saturated rings. The van der Waals surface area contributed by atoms with Gasteiger partial charge in [0.25, 0.3) is 0 Å². The molecule has 7 nitrogen and oxygen atoms in total. The van der Waals surface area contributed by atoms with E-state index in [1.807, 2.05) is 0 Å². The van der Waals surface area contributed by atoms with Gasteiger partial charge in [-0.3, -0.25) is 5.32 Å². The van der Waals surface area contributed by atoms with Crippen molar-refractivity contribution in [3.05, 3.63) is 23.8 Å². The van der Waals surface area contributed by atoms with Crippen LogP contribution in [0.25, 0.3) is 0 Å². The summed E-state index contributed by atoms with van der Waals surface area (Å²) in [6.45, 7) is 6.86. The highest BCUT2D eigenvalue weighted by molar-refractivity contribution is 5.92. The number of carbonyl (C=O) groups excluding carboxylic acids is 2. The first kappa shape index (κ1) is 17.6. The summed E-state index contributed by atoms with van der Waals surface area (Å²) in [6.07, 6.45) is -1.31. The van der Waals surface area contributed by atoms with E-state index in [0.29, 0.717) is 5.75 Å². The highest BCUT2D eigenvalue weighted by Gasteiger charge is 2.19. The normalized spacial score (nSPS) is 12.2. The minimum Gasteiger partial charge on any atom is -0.507 e. The number of nitrogens with one attached hydrogen (secondary N) is 1. The molecule has 1 unspecified atom stereocenters. The largest absolute Gasteiger partial charge is 0.507 e. The number of aromatic hydroxyl groups is 1. The summed E-state index contributed by atoms with van der Waals surface area (Å²) in [5, 5.41) is 12.1. The van der Waals surface area contributed by atoms with Crippen LogP contribution in [0.2, 0.25) is 0 Å². The third-order valence-corrected chi connectivity index (χ3v) is 2.41. The molecule has 1 amide bonds. The van der Waals surface area contributed by atoms with Crippen LogP contribution in [0.1, 0.15) is 38.1 Å². The Labute approximate surface area is 129 Å². The van der Waals surface area contributed by atoms with Gasteiger partial charge in [-0.1, -0.05) is 0 Å². The average molecular weight is 311 g/mol. The maximum Gasteiger partial charge on any atom is 0.410 e. The number of carbonyl (C=O) groups is 2. The Morgan fingerprint density at radius 2 is 1.91 bits per heavy atom. The van der Waals surface area contributed by atoms with E-state index >= 15 is 0 Å². The van der Waals surface area contributed by atoms with Crippen LogP contribution in [0.5, 0.6) is 11.5 Å². The highest BCUT2D eigenvalue weighted by Crippen LogP contribution is 2.24. The van der Waals surface area contributed by atoms with Crippen molar-refractivity contribution in [1.82, 2.24) is 5.32 Å². The smallest absolute Gasteiger partial charge is 0.410 e. The lowest BCUT2D eigenvalue weighted by Gasteiger charge is -2.22. The summed E-state index contributed by atoms with van der Waals surface area (Å²) in [5.74, 6) is -0.607. The van der Waals surface area contributed by atoms with E-state index in [2.05, 4.69) is 10.1 Å². The second-order valence-corrected chi connectivity index (χ2v) is 5.58. The predicted octanol–water partition coefficient (Wildman–Crippen LogP) is 2.43. The topological polar surface area (TPSA) is 94.1 Å². The van der Waals surface area contributed by atoms with Crippen molar-refractivity contribution in [3.63, 3.8) is 0 Å². The first-order chi connectivity index (χ1) is 10.1. The van der Waals surface area contributed by atoms with Crippen LogP contribution < -0.4 is 10.1 Å². The molecule has 0 aromatic heterocycles. The number of alkyl carbamates (subject to hydrolysis) is 1. The molecular weight excluding hydrogens is 290 g/mol. The first-order valence-corrected chi connectivity index (χ1v) is 6.70. The molecule has 22 heavy (non-hydrogen) atoms. The number of phenolic OH excluding ortho intramolecular Hbond substituents is 1. The summed E-state index contributed by atoms with van der Waals surface area (Å²) in [6, 6.07) is 4.10. The van der Waals surface area contributed by atoms with Gasteiger partial charge in [-0.15, -0.1) is 0 Å². The van der Waals surface area contributed by atoms with Gasteiger partial charge in [0.15, 0.2) is 6.23 Å². The molecule has 2 N–H and O–H groups in total. The van der Waals surface area contributed by atoms with Crippen LogP contribution in [-0.2, 0) is 9.47 Å². The number of methoxy groups -OCH3 is 1. The van der Waals surface area contributed by atoms with Gasteiger partial charge in [0.1, 0.15) is 22.7 Å². The van der Waals surface area contributed by atoms with Crippen LogP contribution >= 0.6 is 0 Å². The Bertz CT molecular complexity index is 549. The lowest BCUT2D eigenvalue weighted by atomic mass is 10.2. The number of esters is 1. The minimum absolute atomic E-state index is 0.0236. The van der Waals surface area contributed by atoms with Crippen molar-refractivity contribution in [2.24, 2.45) is 0 Å². The van der Waals surface area contributed by atoms with Gasteiger partial charge in [0, 0.05) is 0 Å². The van der Waals surface area contributed by atoms with E-state index in [9.17, 15) is 14.7 Å². The molecule has 0 aliphatic rings. The SMILES string of the molecule is COC(=O)c1cc(OC(C)NC(=O)OC(C)(C)C)ccc1O. The Kier molecular flexibility index (Phi) is 5.62. The van der Waals surface area contributed by atoms with Gasteiger partial charge in [0.2, 0.25) is 0 Å². The molecule has 0 saturated carbocycles. The summed E-state index contributed by atoms with van der Waals surface area (Å²) < 4.78 is 15.1. The highest BCUT2D eigenvalue weighted by atomic mass is 16.6. The molecule has 0 heterocycles. The molecule has 122 valence electrons. The summed E-state index contributed by atoms with van der Waals surface area (Å²) in [4.78, 5) is 23.1. The molecule has 1 aromatic rings. The van der Waals surface area contributed by atoms with E-state index < -0.39 is 23.9 Å². The fraction of sp³-hybridized carbons (Fsp3) is 0.467. The second-order valence-electron chi connectivity index (χ2n) is 5.58. The number of hydrogen-bond donors (Lipinski definition) is 2. The minimum atomic E-state index is -0.690. The maximum absolute atomic E-state index is 11.6. The van der Waals surface area contributed by atoms with Crippen LogP contribution in [0.15, 0.2) is 18.2 Å². The van der Waals surface area contributed by atoms with Gasteiger partial charge in [-0.05, 0) is 45.9 Å². The first-order valence-electron chi connectivity index (χ1n) is 6.70. The Hall–Kier alpha value is -2.44. The predicted molar refractivity (Wildman–Crippen MR) is 78.9 cm³/mol. The molecule has 0 aliphatic carbocycles. The zero-order valence-electron chi connectivity index (χ0n) is 13.3. The zero-order chi connectivity index (χ0) is 16.9. The van der Waals surface area contributed by atoms with Crippen LogP contribution in [0.4, 0.5) is 4.79 Å². The van der Waals surface area contributed by atoms with Crippen LogP contribution in [0.3, 0.4) is 0 Å². The van der Waals surface area contributed by atoms with E-state index in [-0.39, 0.29) is 11.3 Å². The van der Waals surface area contributed by atoms with Crippen molar-refractivity contribution in [1.29, 1.82) is 0 Å². The van der Waals surface area contributed by atoms with E-state index in [4.69, 9.17) is 9.47 Å². The van der Waals surface area contributed by atoms with E-state index in [1.54, 1.807) is 27.7 Å². The number of rotatable bonds is 4. The van der Waals surface area contributed by atoms with E-state index in [1.165, 1.54) is 25.3 Å². The van der Waals surface area contributed by atoms with Gasteiger partial charge >= 0.3 is 12.1 Å². The quantitative estimate of drug-likeness (QED) is 0.655. The maximum atomic E-state index is 11.6. The zero-order valence-corrected chi connectivity index (χ0v) is 13.3. The average Bonchev–Trinajstić information content (AvgIpc) is 2.37. The molecule has 0 aliphatic heterocycles. The number of ether oxygens (including phenoxy) is 3. The third kappa shape index (κ3) is 5.51. The molecule has 1 atom stereocenters. The molecule has 0 spiro atoms. The van der Waals surface area contributed by atoms with Gasteiger partial charge in [0.05, 0.1) is 7.11 Å². The summed E-state index contributed by atoms with van der Waals surface area (Å²) in [7, 11) is 1.21. The van der Waals surface area contributed by atoms with Crippen molar-refractivity contribution < 1.29 is 28.9 Å². The molecule has 7 heteroatoms. The number of phenols is 1. The Morgan fingerprint density at radius 1 is 1.27 bits per heavy atom. The third-order valence-electron chi connectivity index (χ3n) is 2.41. The fourth-order valence-electron chi connectivity index (χ4n) is 1.57. The Balaban J connectivity index is 2.70. The fourth-order valence-corrected chi connectivity index (χ4v) is 1.57. The summed E-state index contributed by atoms with van der Waals surface area (Å²) in [5.41, 5.74) is -0.634. The number of benzene rings is 1. The second kappa shape index (κ2) is 7.02.